The van der Waals surface area contributed by atoms with Crippen LogP contribution in [0.4, 0.5) is 0 Å². The molecule has 96 valence electrons. The highest BCUT2D eigenvalue weighted by molar-refractivity contribution is 6.61. The molecule has 1 aromatic rings. The maximum absolute atomic E-state index is 5.98. The first kappa shape index (κ1) is 14.8. The molecule has 0 aliphatic carbocycles. The predicted octanol–water partition coefficient (Wildman–Crippen LogP) is 5.02. The first-order valence-corrected chi connectivity index (χ1v) is 9.37. The number of alkyl halides is 1. The van der Waals surface area contributed by atoms with Gasteiger partial charge < -0.3 is 0 Å². The highest BCUT2D eigenvalue weighted by Crippen LogP contribution is 2.26. The molecule has 0 spiro atoms. The highest BCUT2D eigenvalue weighted by Gasteiger charge is 2.19. The van der Waals surface area contributed by atoms with Crippen molar-refractivity contribution in [3.63, 3.8) is 0 Å². The molecule has 0 N–H and O–H groups in total. The summed E-state index contributed by atoms with van der Waals surface area (Å²) in [4.78, 5) is 0. The first-order chi connectivity index (χ1) is 8.06. The molecular weight excluding hydrogens is 244 g/mol. The van der Waals surface area contributed by atoms with Crippen molar-refractivity contribution in [2.45, 2.75) is 57.1 Å². The monoisotopic (exact) mass is 268 g/mol. The first-order valence-electron chi connectivity index (χ1n) is 6.69. The molecule has 0 aliphatic rings. The summed E-state index contributed by atoms with van der Waals surface area (Å²) in [5, 5.41) is 0. The molecule has 0 nitrogen and oxygen atoms in total. The van der Waals surface area contributed by atoms with Gasteiger partial charge in [-0.2, -0.15) is 0 Å². The number of hydrogen-bond donors (Lipinski definition) is 0. The van der Waals surface area contributed by atoms with Gasteiger partial charge in [-0.05, 0) is 17.5 Å². The molecule has 0 heterocycles. The van der Waals surface area contributed by atoms with E-state index in [1.807, 2.05) is 0 Å². The van der Waals surface area contributed by atoms with Crippen molar-refractivity contribution in [2.75, 3.05) is 0 Å². The number of hydrogen-bond acceptors (Lipinski definition) is 0. The maximum atomic E-state index is 5.98. The van der Waals surface area contributed by atoms with E-state index in [2.05, 4.69) is 52.0 Å². The summed E-state index contributed by atoms with van der Waals surface area (Å²) in [6, 6.07) is 10.0. The molecule has 17 heavy (non-hydrogen) atoms. The average molecular weight is 269 g/mol. The minimum atomic E-state index is -0.625. The van der Waals surface area contributed by atoms with Crippen molar-refractivity contribution < 1.29 is 0 Å². The molecule has 0 aliphatic heterocycles. The number of aryl methyl sites for hydroxylation is 1. The van der Waals surface area contributed by atoms with Gasteiger partial charge >= 0.3 is 0 Å². The smallest absolute Gasteiger partial charge is 0.0476 e. The second-order valence-electron chi connectivity index (χ2n) is 5.59. The third-order valence-electron chi connectivity index (χ3n) is 3.72. The van der Waals surface area contributed by atoms with Crippen LogP contribution in [0.15, 0.2) is 24.3 Å². The molecule has 1 aromatic carbocycles. The Kier molecular flexibility index (Phi) is 6.28. The topological polar surface area (TPSA) is 0 Å². The van der Waals surface area contributed by atoms with Gasteiger partial charge in [0, 0.05) is 14.7 Å². The Morgan fingerprint density at radius 2 is 1.53 bits per heavy atom. The zero-order chi connectivity index (χ0) is 12.8. The van der Waals surface area contributed by atoms with Gasteiger partial charge in [0.1, 0.15) is 0 Å². The fourth-order valence-electron chi connectivity index (χ4n) is 2.69. The highest BCUT2D eigenvalue weighted by atomic mass is 35.5. The van der Waals surface area contributed by atoms with Crippen LogP contribution < -0.4 is 0 Å². The van der Waals surface area contributed by atoms with Gasteiger partial charge in [-0.1, -0.05) is 69.1 Å². The Labute approximate surface area is 113 Å². The van der Waals surface area contributed by atoms with Crippen LogP contribution in [0, 0.1) is 0 Å². The molecule has 0 fully saturated rings. The third-order valence-corrected chi connectivity index (χ3v) is 8.39. The van der Waals surface area contributed by atoms with E-state index in [0.29, 0.717) is 5.88 Å². The molecule has 2 heteroatoms. The van der Waals surface area contributed by atoms with Crippen molar-refractivity contribution >= 4 is 20.4 Å². The van der Waals surface area contributed by atoms with Crippen molar-refractivity contribution in [3.8, 4) is 0 Å². The second kappa shape index (κ2) is 7.23. The molecule has 0 amide bonds. The van der Waals surface area contributed by atoms with Crippen LogP contribution in [0.5, 0.6) is 0 Å². The van der Waals surface area contributed by atoms with E-state index in [-0.39, 0.29) is 0 Å². The Bertz CT molecular complexity index is 325. The van der Waals surface area contributed by atoms with E-state index in [1.54, 1.807) is 0 Å². The molecular formula is C15H25ClSi. The van der Waals surface area contributed by atoms with Gasteiger partial charge in [-0.25, -0.2) is 0 Å². The summed E-state index contributed by atoms with van der Waals surface area (Å²) < 4.78 is 0. The van der Waals surface area contributed by atoms with E-state index in [0.717, 1.165) is 11.1 Å². The SMILES string of the molecule is CC(C)[SiH](CCc1ccccc1CCl)C(C)C. The van der Waals surface area contributed by atoms with Crippen molar-refractivity contribution in [2.24, 2.45) is 0 Å². The van der Waals surface area contributed by atoms with Crippen molar-refractivity contribution in [3.05, 3.63) is 35.4 Å². The zero-order valence-electron chi connectivity index (χ0n) is 11.5. The molecule has 0 radical (unpaired) electrons. The Morgan fingerprint density at radius 1 is 1.00 bits per heavy atom. The summed E-state index contributed by atoms with van der Waals surface area (Å²) in [6.07, 6.45) is 1.22. The van der Waals surface area contributed by atoms with Crippen molar-refractivity contribution in [1.29, 1.82) is 0 Å². The van der Waals surface area contributed by atoms with E-state index in [1.165, 1.54) is 23.6 Å². The number of rotatable bonds is 6. The molecule has 0 unspecified atom stereocenters. The molecule has 1 rings (SSSR count). The Balaban J connectivity index is 2.65. The average Bonchev–Trinajstić information content (AvgIpc) is 2.29. The van der Waals surface area contributed by atoms with Crippen LogP contribution in [0.2, 0.25) is 17.1 Å². The van der Waals surface area contributed by atoms with Gasteiger partial charge in [0.25, 0.3) is 0 Å². The summed E-state index contributed by atoms with van der Waals surface area (Å²) in [5.74, 6) is 0.645. The van der Waals surface area contributed by atoms with Crippen LogP contribution in [-0.4, -0.2) is 8.80 Å². The second-order valence-corrected chi connectivity index (χ2v) is 10.4. The summed E-state index contributed by atoms with van der Waals surface area (Å²) in [5.41, 5.74) is 4.58. The predicted molar refractivity (Wildman–Crippen MR) is 81.9 cm³/mol. The molecule has 0 bridgehead atoms. The van der Waals surface area contributed by atoms with E-state index in [9.17, 15) is 0 Å². The molecule has 0 aromatic heterocycles. The summed E-state index contributed by atoms with van der Waals surface area (Å²) in [6.45, 7) is 9.57. The standard InChI is InChI=1S/C15H25ClSi/c1-12(2)17(13(3)4)10-9-14-7-5-6-8-15(14)11-16/h5-8,12-13,17H,9-11H2,1-4H3. The molecule has 0 saturated heterocycles. The van der Waals surface area contributed by atoms with Crippen LogP contribution in [-0.2, 0) is 12.3 Å². The Hall–Kier alpha value is -0.273. The maximum Gasteiger partial charge on any atom is 0.0476 e. The summed E-state index contributed by atoms with van der Waals surface area (Å²) >= 11 is 5.98. The van der Waals surface area contributed by atoms with Crippen LogP contribution in [0.25, 0.3) is 0 Å². The number of halogens is 1. The normalized spacial score (nSPS) is 11.8. The van der Waals surface area contributed by atoms with Crippen LogP contribution in [0.3, 0.4) is 0 Å². The lowest BCUT2D eigenvalue weighted by atomic mass is 10.1. The lowest BCUT2D eigenvalue weighted by Gasteiger charge is -2.23. The van der Waals surface area contributed by atoms with E-state index in [4.69, 9.17) is 11.6 Å². The summed E-state index contributed by atoms with van der Waals surface area (Å²) in [7, 11) is -0.625. The minimum absolute atomic E-state index is 0.625. The minimum Gasteiger partial charge on any atom is -0.122 e. The van der Waals surface area contributed by atoms with Crippen LogP contribution >= 0.6 is 11.6 Å². The van der Waals surface area contributed by atoms with Gasteiger partial charge in [0.2, 0.25) is 0 Å². The Morgan fingerprint density at radius 3 is 2.00 bits per heavy atom. The van der Waals surface area contributed by atoms with E-state index < -0.39 is 8.80 Å². The lowest BCUT2D eigenvalue weighted by Crippen LogP contribution is -2.21. The van der Waals surface area contributed by atoms with Gasteiger partial charge in [0.15, 0.2) is 0 Å². The van der Waals surface area contributed by atoms with Gasteiger partial charge in [0.05, 0.1) is 0 Å². The van der Waals surface area contributed by atoms with Gasteiger partial charge in [-0.3, -0.25) is 0 Å². The van der Waals surface area contributed by atoms with E-state index >= 15 is 0 Å². The van der Waals surface area contributed by atoms with Crippen LogP contribution in [0.1, 0.15) is 38.8 Å². The number of benzene rings is 1. The largest absolute Gasteiger partial charge is 0.122 e. The quantitative estimate of drug-likeness (QED) is 0.502. The fourth-order valence-corrected chi connectivity index (χ4v) is 6.47. The molecule has 0 atom stereocenters. The molecule has 0 saturated carbocycles. The fraction of sp³-hybridized carbons (Fsp3) is 0.600. The lowest BCUT2D eigenvalue weighted by molar-refractivity contribution is 0.901. The van der Waals surface area contributed by atoms with Gasteiger partial charge in [-0.15, -0.1) is 11.6 Å². The third kappa shape index (κ3) is 4.48. The van der Waals surface area contributed by atoms with Crippen molar-refractivity contribution in [1.82, 2.24) is 0 Å². The zero-order valence-corrected chi connectivity index (χ0v) is 13.5.